The molecule has 0 spiro atoms. The highest BCUT2D eigenvalue weighted by Crippen LogP contribution is 2.36. The molecule has 2 N–H and O–H groups in total. The summed E-state index contributed by atoms with van der Waals surface area (Å²) in [7, 11) is 5.25. The van der Waals surface area contributed by atoms with E-state index in [2.05, 4.69) is 10.2 Å². The van der Waals surface area contributed by atoms with Crippen LogP contribution < -0.4 is 20.1 Å². The standard InChI is InChI=1S/C14H16F4N6O4/c1-23-9(27-3)5-7(21-23)19-11(25)13(15,16)14(17,18)12(26)20-8-6-10(28-4)24(2)22-8/h5-6H,1-4H3,(H,19,21,25)(H,20,22,26). The molecule has 154 valence electrons. The first-order chi connectivity index (χ1) is 12.9. The minimum Gasteiger partial charge on any atom is -0.481 e. The molecule has 0 atom stereocenters. The summed E-state index contributed by atoms with van der Waals surface area (Å²) in [5.74, 6) is -16.4. The number of rotatable bonds is 7. The lowest BCUT2D eigenvalue weighted by Gasteiger charge is -2.23. The van der Waals surface area contributed by atoms with Gasteiger partial charge >= 0.3 is 23.7 Å². The molecular weight excluding hydrogens is 392 g/mol. The molecule has 0 saturated carbocycles. The maximum absolute atomic E-state index is 14.0. The first-order valence-electron chi connectivity index (χ1n) is 7.48. The number of aromatic nitrogens is 4. The van der Waals surface area contributed by atoms with Crippen LogP contribution in [0.25, 0.3) is 0 Å². The number of anilines is 2. The van der Waals surface area contributed by atoms with Gasteiger partial charge in [0.15, 0.2) is 11.6 Å². The van der Waals surface area contributed by atoms with Crippen molar-refractivity contribution in [1.82, 2.24) is 19.6 Å². The molecule has 0 aromatic carbocycles. The van der Waals surface area contributed by atoms with Crippen LogP contribution in [0.1, 0.15) is 0 Å². The second kappa shape index (κ2) is 7.36. The van der Waals surface area contributed by atoms with Crippen LogP contribution in [0.15, 0.2) is 12.1 Å². The Morgan fingerprint density at radius 3 is 1.43 bits per heavy atom. The molecule has 0 fully saturated rings. The fourth-order valence-corrected chi connectivity index (χ4v) is 2.08. The molecule has 10 nitrogen and oxygen atoms in total. The van der Waals surface area contributed by atoms with Crippen LogP contribution in [0, 0.1) is 0 Å². The van der Waals surface area contributed by atoms with Gasteiger partial charge in [-0.05, 0) is 0 Å². The quantitative estimate of drug-likeness (QED) is 0.662. The second-order valence-electron chi connectivity index (χ2n) is 5.45. The van der Waals surface area contributed by atoms with E-state index in [9.17, 15) is 27.2 Å². The molecule has 2 rings (SSSR count). The van der Waals surface area contributed by atoms with Crippen LogP contribution in [0.5, 0.6) is 11.8 Å². The van der Waals surface area contributed by atoms with Crippen LogP contribution in [-0.4, -0.2) is 57.4 Å². The van der Waals surface area contributed by atoms with Gasteiger partial charge in [0.2, 0.25) is 11.8 Å². The van der Waals surface area contributed by atoms with Crippen molar-refractivity contribution in [2.45, 2.75) is 11.8 Å². The third-order valence-electron chi connectivity index (χ3n) is 3.54. The summed E-state index contributed by atoms with van der Waals surface area (Å²) in [5, 5.41) is 10.3. The Balaban J connectivity index is 2.17. The van der Waals surface area contributed by atoms with Crippen LogP contribution in [0.4, 0.5) is 29.2 Å². The third-order valence-corrected chi connectivity index (χ3v) is 3.54. The van der Waals surface area contributed by atoms with Crippen molar-refractivity contribution in [2.75, 3.05) is 24.9 Å². The first kappa shape index (κ1) is 21.0. The van der Waals surface area contributed by atoms with E-state index in [0.29, 0.717) is 0 Å². The zero-order valence-corrected chi connectivity index (χ0v) is 15.1. The second-order valence-corrected chi connectivity index (χ2v) is 5.45. The number of amides is 2. The van der Waals surface area contributed by atoms with E-state index in [0.717, 1.165) is 21.5 Å². The number of halogens is 4. The molecule has 14 heteroatoms. The van der Waals surface area contributed by atoms with Crippen molar-refractivity contribution in [3.63, 3.8) is 0 Å². The van der Waals surface area contributed by atoms with E-state index in [1.54, 1.807) is 0 Å². The number of ether oxygens (including phenoxy) is 2. The topological polar surface area (TPSA) is 112 Å². The van der Waals surface area contributed by atoms with Gasteiger partial charge in [-0.2, -0.15) is 27.8 Å². The Bertz CT molecular complexity index is 822. The summed E-state index contributed by atoms with van der Waals surface area (Å²) >= 11 is 0. The van der Waals surface area contributed by atoms with Gasteiger partial charge in [-0.1, -0.05) is 0 Å². The van der Waals surface area contributed by atoms with E-state index in [-0.39, 0.29) is 11.8 Å². The number of hydrogen-bond acceptors (Lipinski definition) is 6. The van der Waals surface area contributed by atoms with Crippen molar-refractivity contribution >= 4 is 23.5 Å². The smallest absolute Gasteiger partial charge is 0.396 e. The van der Waals surface area contributed by atoms with Gasteiger partial charge < -0.3 is 20.1 Å². The van der Waals surface area contributed by atoms with Crippen molar-refractivity contribution in [3.8, 4) is 11.8 Å². The van der Waals surface area contributed by atoms with Crippen molar-refractivity contribution in [2.24, 2.45) is 14.1 Å². The van der Waals surface area contributed by atoms with E-state index in [1.165, 1.54) is 38.9 Å². The largest absolute Gasteiger partial charge is 0.481 e. The Morgan fingerprint density at radius 1 is 0.857 bits per heavy atom. The number of carbonyl (C=O) groups is 2. The summed E-state index contributed by atoms with van der Waals surface area (Å²) < 4.78 is 67.9. The molecule has 2 amide bonds. The van der Waals surface area contributed by atoms with Crippen molar-refractivity contribution < 1.29 is 36.6 Å². The number of nitrogens with zero attached hydrogens (tertiary/aromatic N) is 4. The Labute approximate surface area is 155 Å². The average Bonchev–Trinajstić information content (AvgIpc) is 3.15. The predicted octanol–water partition coefficient (Wildman–Crippen LogP) is 1.02. The van der Waals surface area contributed by atoms with Crippen LogP contribution in [0.3, 0.4) is 0 Å². The molecule has 2 heterocycles. The van der Waals surface area contributed by atoms with E-state index in [4.69, 9.17) is 9.47 Å². The van der Waals surface area contributed by atoms with Crippen LogP contribution in [0.2, 0.25) is 0 Å². The summed E-state index contributed by atoms with van der Waals surface area (Å²) in [6.07, 6.45) is 0. The summed E-state index contributed by atoms with van der Waals surface area (Å²) in [4.78, 5) is 23.4. The molecule has 0 radical (unpaired) electrons. The fraction of sp³-hybridized carbons (Fsp3) is 0.429. The molecule has 0 bridgehead atoms. The van der Waals surface area contributed by atoms with Gasteiger partial charge in [0.25, 0.3) is 0 Å². The lowest BCUT2D eigenvalue weighted by atomic mass is 10.1. The van der Waals surface area contributed by atoms with Gasteiger partial charge in [-0.25, -0.2) is 9.36 Å². The fourth-order valence-electron chi connectivity index (χ4n) is 2.08. The minimum absolute atomic E-state index is 0.0761. The maximum Gasteiger partial charge on any atom is 0.396 e. The average molecular weight is 408 g/mol. The SMILES string of the molecule is COc1cc(NC(=O)C(F)(F)C(F)(F)C(=O)Nc2cc(OC)n(C)n2)nn1C. The van der Waals surface area contributed by atoms with E-state index in [1.807, 2.05) is 0 Å². The molecular formula is C14H16F4N6O4. The van der Waals surface area contributed by atoms with Gasteiger partial charge in [0, 0.05) is 26.2 Å². The highest BCUT2D eigenvalue weighted by molar-refractivity contribution is 6.05. The summed E-state index contributed by atoms with van der Waals surface area (Å²) in [5.41, 5.74) is 0. The highest BCUT2D eigenvalue weighted by Gasteiger charge is 2.67. The summed E-state index contributed by atoms with van der Waals surface area (Å²) in [6.45, 7) is 0. The summed E-state index contributed by atoms with van der Waals surface area (Å²) in [6, 6.07) is 2.07. The zero-order chi connectivity index (χ0) is 21.3. The molecule has 28 heavy (non-hydrogen) atoms. The van der Waals surface area contributed by atoms with Crippen molar-refractivity contribution in [1.29, 1.82) is 0 Å². The zero-order valence-electron chi connectivity index (χ0n) is 15.1. The van der Waals surface area contributed by atoms with Gasteiger partial charge in [-0.15, -0.1) is 0 Å². The van der Waals surface area contributed by atoms with E-state index < -0.39 is 35.3 Å². The van der Waals surface area contributed by atoms with E-state index >= 15 is 0 Å². The Kier molecular flexibility index (Phi) is 5.52. The van der Waals surface area contributed by atoms with Gasteiger partial charge in [-0.3, -0.25) is 9.59 Å². The van der Waals surface area contributed by atoms with Crippen LogP contribution >= 0.6 is 0 Å². The number of aryl methyl sites for hydroxylation is 2. The maximum atomic E-state index is 14.0. The lowest BCUT2D eigenvalue weighted by Crippen LogP contribution is -2.56. The number of alkyl halides is 4. The molecule has 0 aliphatic rings. The molecule has 0 unspecified atom stereocenters. The molecule has 0 saturated heterocycles. The van der Waals surface area contributed by atoms with Gasteiger partial charge in [0.1, 0.15) is 0 Å². The minimum atomic E-state index is -5.39. The van der Waals surface area contributed by atoms with Crippen LogP contribution in [-0.2, 0) is 23.7 Å². The van der Waals surface area contributed by atoms with Gasteiger partial charge in [0.05, 0.1) is 14.2 Å². The third kappa shape index (κ3) is 3.70. The Hall–Kier alpha value is -3.32. The molecule has 2 aromatic heterocycles. The number of carbonyl (C=O) groups excluding carboxylic acids is 2. The number of nitrogens with one attached hydrogen (secondary N) is 2. The number of hydrogen-bond donors (Lipinski definition) is 2. The van der Waals surface area contributed by atoms with Crippen molar-refractivity contribution in [3.05, 3.63) is 12.1 Å². The monoisotopic (exact) mass is 408 g/mol. The lowest BCUT2D eigenvalue weighted by molar-refractivity contribution is -0.204. The normalized spacial score (nSPS) is 11.9. The number of methoxy groups -OCH3 is 2. The molecule has 2 aromatic rings. The highest BCUT2D eigenvalue weighted by atomic mass is 19.3. The first-order valence-corrected chi connectivity index (χ1v) is 7.48. The Morgan fingerprint density at radius 2 is 1.18 bits per heavy atom. The predicted molar refractivity (Wildman–Crippen MR) is 86.7 cm³/mol. The molecule has 0 aliphatic heterocycles. The molecule has 0 aliphatic carbocycles.